The van der Waals surface area contributed by atoms with Crippen molar-refractivity contribution >= 4 is 10.0 Å². The maximum Gasteiger partial charge on any atom is 0.243 e. The van der Waals surface area contributed by atoms with E-state index in [4.69, 9.17) is 4.74 Å². The molecule has 0 radical (unpaired) electrons. The van der Waals surface area contributed by atoms with Gasteiger partial charge in [-0.1, -0.05) is 12.1 Å². The van der Waals surface area contributed by atoms with Gasteiger partial charge in [-0.25, -0.2) is 8.42 Å². The summed E-state index contributed by atoms with van der Waals surface area (Å²) in [6, 6.07) is 5.58. The molecule has 0 amide bonds. The van der Waals surface area contributed by atoms with Crippen LogP contribution in [0.5, 0.6) is 0 Å². The summed E-state index contributed by atoms with van der Waals surface area (Å²) in [5.74, 6) is 0. The Balaban J connectivity index is 1.99. The van der Waals surface area contributed by atoms with Crippen molar-refractivity contribution in [3.63, 3.8) is 0 Å². The van der Waals surface area contributed by atoms with Crippen LogP contribution >= 0.6 is 0 Å². The summed E-state index contributed by atoms with van der Waals surface area (Å²) in [5, 5.41) is 3.28. The Morgan fingerprint density at radius 1 is 1.24 bits per heavy atom. The molecule has 2 atom stereocenters. The first-order chi connectivity index (χ1) is 9.98. The molecule has 5 nitrogen and oxygen atoms in total. The minimum Gasteiger partial charge on any atom is -0.373 e. The maximum absolute atomic E-state index is 13.0. The summed E-state index contributed by atoms with van der Waals surface area (Å²) in [4.78, 5) is 0.475. The third-order valence-corrected chi connectivity index (χ3v) is 6.02. The number of benzene rings is 1. The van der Waals surface area contributed by atoms with Crippen LogP contribution in [0.4, 0.5) is 0 Å². The SMILES string of the molecule is C[C@@H]1CN(S(=O)(=O)c2cccc3c2CCNC3)C[C@H](C)O1. The Kier molecular flexibility index (Phi) is 4.05. The van der Waals surface area contributed by atoms with Crippen molar-refractivity contribution in [2.45, 2.75) is 43.9 Å². The van der Waals surface area contributed by atoms with Crippen LogP contribution in [0.2, 0.25) is 0 Å². The van der Waals surface area contributed by atoms with E-state index in [9.17, 15) is 8.42 Å². The van der Waals surface area contributed by atoms with Crippen molar-refractivity contribution in [1.82, 2.24) is 9.62 Å². The average molecular weight is 310 g/mol. The zero-order chi connectivity index (χ0) is 15.0. The van der Waals surface area contributed by atoms with Gasteiger partial charge in [0, 0.05) is 19.6 Å². The topological polar surface area (TPSA) is 58.6 Å². The lowest BCUT2D eigenvalue weighted by Crippen LogP contribution is -2.48. The van der Waals surface area contributed by atoms with E-state index < -0.39 is 10.0 Å². The van der Waals surface area contributed by atoms with Crippen LogP contribution in [0.3, 0.4) is 0 Å². The highest BCUT2D eigenvalue weighted by molar-refractivity contribution is 7.89. The molecule has 6 heteroatoms. The third kappa shape index (κ3) is 2.85. The molecule has 116 valence electrons. The number of ether oxygens (including phenoxy) is 1. The van der Waals surface area contributed by atoms with Gasteiger partial charge in [0.1, 0.15) is 0 Å². The van der Waals surface area contributed by atoms with Crippen molar-refractivity contribution in [2.24, 2.45) is 0 Å². The number of hydrogen-bond donors (Lipinski definition) is 1. The van der Waals surface area contributed by atoms with Gasteiger partial charge in [-0.15, -0.1) is 0 Å². The van der Waals surface area contributed by atoms with E-state index in [-0.39, 0.29) is 12.2 Å². The van der Waals surface area contributed by atoms with Crippen LogP contribution in [0.15, 0.2) is 23.1 Å². The Morgan fingerprint density at radius 3 is 2.67 bits per heavy atom. The Bertz CT molecular complexity index is 620. The number of nitrogens with zero attached hydrogens (tertiary/aromatic N) is 1. The van der Waals surface area contributed by atoms with Gasteiger partial charge in [-0.05, 0) is 44.0 Å². The minimum atomic E-state index is -3.44. The molecule has 0 aromatic heterocycles. The summed E-state index contributed by atoms with van der Waals surface area (Å²) < 4.78 is 33.2. The molecule has 0 aliphatic carbocycles. The molecule has 0 saturated carbocycles. The average Bonchev–Trinajstić information content (AvgIpc) is 2.45. The van der Waals surface area contributed by atoms with Gasteiger partial charge in [-0.2, -0.15) is 4.31 Å². The first-order valence-corrected chi connectivity index (χ1v) is 8.89. The maximum atomic E-state index is 13.0. The number of sulfonamides is 1. The highest BCUT2D eigenvalue weighted by Crippen LogP contribution is 2.27. The first kappa shape index (κ1) is 15.0. The van der Waals surface area contributed by atoms with Crippen molar-refractivity contribution in [3.8, 4) is 0 Å². The fourth-order valence-corrected chi connectivity index (χ4v) is 5.09. The smallest absolute Gasteiger partial charge is 0.243 e. The zero-order valence-electron chi connectivity index (χ0n) is 12.5. The van der Waals surface area contributed by atoms with Gasteiger partial charge in [-0.3, -0.25) is 0 Å². The summed E-state index contributed by atoms with van der Waals surface area (Å²) in [5.41, 5.74) is 2.07. The predicted molar refractivity (Wildman–Crippen MR) is 80.6 cm³/mol. The van der Waals surface area contributed by atoms with E-state index in [0.717, 1.165) is 30.6 Å². The van der Waals surface area contributed by atoms with E-state index in [1.807, 2.05) is 26.0 Å². The predicted octanol–water partition coefficient (Wildman–Crippen LogP) is 1.13. The van der Waals surface area contributed by atoms with Crippen LogP contribution in [-0.4, -0.2) is 44.6 Å². The summed E-state index contributed by atoms with van der Waals surface area (Å²) >= 11 is 0. The third-order valence-electron chi connectivity index (χ3n) is 4.10. The molecule has 21 heavy (non-hydrogen) atoms. The molecular formula is C15H22N2O3S. The minimum absolute atomic E-state index is 0.0651. The van der Waals surface area contributed by atoms with Crippen LogP contribution in [0.1, 0.15) is 25.0 Å². The van der Waals surface area contributed by atoms with Gasteiger partial charge in [0.15, 0.2) is 0 Å². The number of morpholine rings is 1. The molecule has 2 aliphatic heterocycles. The lowest BCUT2D eigenvalue weighted by molar-refractivity contribution is -0.0441. The standard InChI is InChI=1S/C15H22N2O3S/c1-11-9-17(10-12(2)20-11)21(18,19)15-5-3-4-13-8-16-7-6-14(13)15/h3-5,11-12,16H,6-10H2,1-2H3/t11-,12+. The van der Waals surface area contributed by atoms with Crippen LogP contribution < -0.4 is 5.32 Å². The van der Waals surface area contributed by atoms with Gasteiger partial charge < -0.3 is 10.1 Å². The second kappa shape index (κ2) is 5.68. The largest absolute Gasteiger partial charge is 0.373 e. The number of fused-ring (bicyclic) bond motifs is 1. The Labute approximate surface area is 126 Å². The molecule has 0 spiro atoms. The fourth-order valence-electron chi connectivity index (χ4n) is 3.20. The van der Waals surface area contributed by atoms with E-state index in [1.165, 1.54) is 0 Å². The van der Waals surface area contributed by atoms with Crippen LogP contribution in [0, 0.1) is 0 Å². The Hall–Kier alpha value is -0.950. The summed E-state index contributed by atoms with van der Waals surface area (Å²) in [6.45, 7) is 6.26. The van der Waals surface area contributed by atoms with Gasteiger partial charge in [0.2, 0.25) is 10.0 Å². The van der Waals surface area contributed by atoms with Gasteiger partial charge in [0.05, 0.1) is 17.1 Å². The molecule has 1 aromatic carbocycles. The molecule has 1 aromatic rings. The molecule has 1 saturated heterocycles. The summed E-state index contributed by atoms with van der Waals surface area (Å²) in [7, 11) is -3.44. The van der Waals surface area contributed by atoms with Crippen molar-refractivity contribution in [3.05, 3.63) is 29.3 Å². The van der Waals surface area contributed by atoms with E-state index in [0.29, 0.717) is 18.0 Å². The van der Waals surface area contributed by atoms with E-state index in [2.05, 4.69) is 5.32 Å². The van der Waals surface area contributed by atoms with Gasteiger partial charge >= 0.3 is 0 Å². The number of rotatable bonds is 2. The molecule has 1 N–H and O–H groups in total. The molecule has 0 unspecified atom stereocenters. The lowest BCUT2D eigenvalue weighted by atomic mass is 10.0. The zero-order valence-corrected chi connectivity index (χ0v) is 13.3. The van der Waals surface area contributed by atoms with Crippen molar-refractivity contribution in [1.29, 1.82) is 0 Å². The highest BCUT2D eigenvalue weighted by atomic mass is 32.2. The second-order valence-corrected chi connectivity index (χ2v) is 7.81. The van der Waals surface area contributed by atoms with E-state index in [1.54, 1.807) is 10.4 Å². The fraction of sp³-hybridized carbons (Fsp3) is 0.600. The van der Waals surface area contributed by atoms with E-state index >= 15 is 0 Å². The number of hydrogen-bond acceptors (Lipinski definition) is 4. The van der Waals surface area contributed by atoms with Crippen molar-refractivity contribution in [2.75, 3.05) is 19.6 Å². The highest BCUT2D eigenvalue weighted by Gasteiger charge is 2.34. The van der Waals surface area contributed by atoms with Crippen molar-refractivity contribution < 1.29 is 13.2 Å². The Morgan fingerprint density at radius 2 is 1.95 bits per heavy atom. The van der Waals surface area contributed by atoms with Gasteiger partial charge in [0.25, 0.3) is 0 Å². The molecule has 2 aliphatic rings. The second-order valence-electron chi connectivity index (χ2n) is 5.90. The number of nitrogens with one attached hydrogen (secondary N) is 1. The first-order valence-electron chi connectivity index (χ1n) is 7.45. The summed E-state index contributed by atoms with van der Waals surface area (Å²) in [6.07, 6.45) is 0.634. The van der Waals surface area contributed by atoms with Crippen LogP contribution in [0.25, 0.3) is 0 Å². The molecule has 3 rings (SSSR count). The molecule has 1 fully saturated rings. The monoisotopic (exact) mass is 310 g/mol. The molecule has 0 bridgehead atoms. The lowest BCUT2D eigenvalue weighted by Gasteiger charge is -2.35. The quantitative estimate of drug-likeness (QED) is 0.890. The molecular weight excluding hydrogens is 288 g/mol. The normalized spacial score (nSPS) is 27.3. The molecule has 2 heterocycles. The van der Waals surface area contributed by atoms with Crippen LogP contribution in [-0.2, 0) is 27.7 Å².